The van der Waals surface area contributed by atoms with Crippen LogP contribution in [0.1, 0.15) is 6.42 Å². The Morgan fingerprint density at radius 3 is 2.50 bits per heavy atom. The van der Waals surface area contributed by atoms with E-state index in [1.165, 1.54) is 22.7 Å². The maximum Gasteiger partial charge on any atom is 0.0166 e. The monoisotopic (exact) mass is 118 g/mol. The average molecular weight is 118 g/mol. The first-order valence-corrected chi connectivity index (χ1v) is 6.74. The first-order valence-electron chi connectivity index (χ1n) is 2.91. The minimum atomic E-state index is 0.425. The van der Waals surface area contributed by atoms with Crippen LogP contribution in [-0.2, 0) is 0 Å². The summed E-state index contributed by atoms with van der Waals surface area (Å²) in [4.78, 5) is 0. The Hall–Kier alpha value is 0.434. The van der Waals surface area contributed by atoms with Crippen molar-refractivity contribution in [3.05, 3.63) is 0 Å². The highest BCUT2D eigenvalue weighted by atomic mass is 28.2. The molecule has 0 radical (unpaired) electrons. The molecule has 6 heavy (non-hydrogen) atoms. The molecule has 0 heterocycles. The van der Waals surface area contributed by atoms with Crippen molar-refractivity contribution in [1.82, 2.24) is 0 Å². The van der Waals surface area contributed by atoms with E-state index in [1.807, 2.05) is 0 Å². The normalized spacial score (nSPS) is 11.5. The van der Waals surface area contributed by atoms with Gasteiger partial charge in [0, 0.05) is 19.8 Å². The summed E-state index contributed by atoms with van der Waals surface area (Å²) in [5.74, 6) is 0. The van der Waals surface area contributed by atoms with Crippen molar-refractivity contribution in [3.8, 4) is 0 Å². The Morgan fingerprint density at radius 1 is 1.67 bits per heavy atom. The molecule has 0 bridgehead atoms. The van der Waals surface area contributed by atoms with Crippen LogP contribution in [0.5, 0.6) is 0 Å². The zero-order valence-electron chi connectivity index (χ0n) is 4.83. The maximum absolute atomic E-state index is 2.39. The molecule has 0 atom stereocenters. The lowest BCUT2D eigenvalue weighted by atomic mass is 10.6. The predicted octanol–water partition coefficient (Wildman–Crippen LogP) is -0.205. The third kappa shape index (κ3) is 4.43. The summed E-state index contributed by atoms with van der Waals surface area (Å²) in [6.07, 6.45) is 1.54. The van der Waals surface area contributed by atoms with Gasteiger partial charge in [0.1, 0.15) is 0 Å². The van der Waals surface area contributed by atoms with Crippen LogP contribution in [0.2, 0.25) is 18.6 Å². The van der Waals surface area contributed by atoms with Gasteiger partial charge in [0.05, 0.1) is 0 Å². The molecule has 0 aromatic rings. The molecule has 0 aromatic heterocycles. The van der Waals surface area contributed by atoms with E-state index in [-0.39, 0.29) is 0 Å². The van der Waals surface area contributed by atoms with Gasteiger partial charge in [0.25, 0.3) is 0 Å². The van der Waals surface area contributed by atoms with Crippen LogP contribution in [0.4, 0.5) is 0 Å². The van der Waals surface area contributed by atoms with Crippen molar-refractivity contribution in [1.29, 1.82) is 0 Å². The summed E-state index contributed by atoms with van der Waals surface area (Å²) in [5, 5.41) is 0. The van der Waals surface area contributed by atoms with Crippen LogP contribution >= 0.6 is 0 Å². The fraction of sp³-hybridized carbons (Fsp3) is 1.00. The standard InChI is InChI=1S/C4H14Si2/c1-6-4-2-3-5/h2-4,6H2,1,5H3. The highest BCUT2D eigenvalue weighted by Gasteiger charge is 1.76. The molecule has 38 valence electrons. The first kappa shape index (κ1) is 6.43. The molecular weight excluding hydrogens is 104 g/mol. The Kier molecular flexibility index (Phi) is 5.83. The minimum absolute atomic E-state index is 0.425. The lowest BCUT2D eigenvalue weighted by molar-refractivity contribution is 1.07. The molecule has 0 rings (SSSR count). The molecule has 0 fully saturated rings. The number of hydrogen-bond donors (Lipinski definition) is 0. The summed E-state index contributed by atoms with van der Waals surface area (Å²) in [6.45, 7) is 2.39. The van der Waals surface area contributed by atoms with Gasteiger partial charge in [-0.3, -0.25) is 0 Å². The fourth-order valence-electron chi connectivity index (χ4n) is 0.500. The Morgan fingerprint density at radius 2 is 2.33 bits per heavy atom. The first-order chi connectivity index (χ1) is 2.91. The summed E-state index contributed by atoms with van der Waals surface area (Å²) >= 11 is 0. The highest BCUT2D eigenvalue weighted by molar-refractivity contribution is 6.33. The van der Waals surface area contributed by atoms with E-state index in [1.54, 1.807) is 6.04 Å². The fourth-order valence-corrected chi connectivity index (χ4v) is 3.00. The Labute approximate surface area is 45.6 Å². The molecular formula is C4H14Si2. The van der Waals surface area contributed by atoms with E-state index in [4.69, 9.17) is 0 Å². The molecule has 0 amide bonds. The van der Waals surface area contributed by atoms with Gasteiger partial charge in [0.15, 0.2) is 0 Å². The molecule has 0 saturated heterocycles. The van der Waals surface area contributed by atoms with Gasteiger partial charge in [-0.1, -0.05) is 25.1 Å². The van der Waals surface area contributed by atoms with Crippen molar-refractivity contribution < 1.29 is 0 Å². The maximum atomic E-state index is 2.39. The van der Waals surface area contributed by atoms with Gasteiger partial charge in [-0.05, 0) is 0 Å². The van der Waals surface area contributed by atoms with Crippen molar-refractivity contribution in [3.63, 3.8) is 0 Å². The third-order valence-corrected chi connectivity index (χ3v) is 2.87. The van der Waals surface area contributed by atoms with Crippen LogP contribution in [0.3, 0.4) is 0 Å². The molecule has 2 heteroatoms. The van der Waals surface area contributed by atoms with Crippen molar-refractivity contribution in [2.45, 2.75) is 25.1 Å². The van der Waals surface area contributed by atoms with Gasteiger partial charge in [0.2, 0.25) is 0 Å². The van der Waals surface area contributed by atoms with Gasteiger partial charge in [-0.25, -0.2) is 0 Å². The second-order valence-electron chi connectivity index (χ2n) is 1.71. The van der Waals surface area contributed by atoms with Crippen LogP contribution in [-0.4, -0.2) is 19.8 Å². The lowest BCUT2D eigenvalue weighted by Crippen LogP contribution is -1.78. The van der Waals surface area contributed by atoms with Crippen LogP contribution < -0.4 is 0 Å². The molecule has 0 unspecified atom stereocenters. The zero-order chi connectivity index (χ0) is 4.83. The molecule has 0 N–H and O–H groups in total. The second kappa shape index (κ2) is 5.43. The topological polar surface area (TPSA) is 0 Å². The van der Waals surface area contributed by atoms with E-state index in [0.29, 0.717) is 9.52 Å². The van der Waals surface area contributed by atoms with Crippen LogP contribution in [0.25, 0.3) is 0 Å². The largest absolute Gasteiger partial charge is 0.0748 e. The second-order valence-corrected chi connectivity index (χ2v) is 4.41. The summed E-state index contributed by atoms with van der Waals surface area (Å²) < 4.78 is 0. The van der Waals surface area contributed by atoms with Gasteiger partial charge < -0.3 is 0 Å². The summed E-state index contributed by atoms with van der Waals surface area (Å²) in [7, 11) is 1.85. The molecule has 0 nitrogen and oxygen atoms in total. The summed E-state index contributed by atoms with van der Waals surface area (Å²) in [5.41, 5.74) is 0. The SMILES string of the molecule is C[SiH2]CCC[SiH3]. The highest BCUT2D eigenvalue weighted by Crippen LogP contribution is 1.89. The van der Waals surface area contributed by atoms with E-state index >= 15 is 0 Å². The van der Waals surface area contributed by atoms with Crippen molar-refractivity contribution in [2.24, 2.45) is 0 Å². The van der Waals surface area contributed by atoms with E-state index in [2.05, 4.69) is 6.55 Å². The molecule has 0 aliphatic rings. The Bertz CT molecular complexity index is 17.5. The van der Waals surface area contributed by atoms with E-state index < -0.39 is 0 Å². The van der Waals surface area contributed by atoms with Crippen LogP contribution in [0, 0.1) is 0 Å². The van der Waals surface area contributed by atoms with Crippen molar-refractivity contribution in [2.75, 3.05) is 0 Å². The minimum Gasteiger partial charge on any atom is -0.0748 e. The van der Waals surface area contributed by atoms with E-state index in [9.17, 15) is 0 Å². The summed E-state index contributed by atoms with van der Waals surface area (Å²) in [6, 6.07) is 3.12. The lowest BCUT2D eigenvalue weighted by Gasteiger charge is -1.85. The molecule has 0 aromatic carbocycles. The van der Waals surface area contributed by atoms with Crippen LogP contribution in [0.15, 0.2) is 0 Å². The molecule has 0 aliphatic heterocycles. The predicted molar refractivity (Wildman–Crippen MR) is 38.6 cm³/mol. The molecule has 0 aliphatic carbocycles. The smallest absolute Gasteiger partial charge is 0.0166 e. The van der Waals surface area contributed by atoms with E-state index in [0.717, 1.165) is 0 Å². The quantitative estimate of drug-likeness (QED) is 0.355. The number of rotatable bonds is 3. The van der Waals surface area contributed by atoms with Gasteiger partial charge >= 0.3 is 0 Å². The average Bonchev–Trinajstić information content (AvgIpc) is 1.61. The van der Waals surface area contributed by atoms with Crippen molar-refractivity contribution >= 4 is 19.8 Å². The molecule has 0 saturated carbocycles. The molecule has 0 spiro atoms. The van der Waals surface area contributed by atoms with Gasteiger partial charge in [-0.2, -0.15) is 0 Å². The van der Waals surface area contributed by atoms with Gasteiger partial charge in [-0.15, -0.1) is 0 Å². The third-order valence-electron chi connectivity index (χ3n) is 0.957. The zero-order valence-corrected chi connectivity index (χ0v) is 8.24. The number of hydrogen-bond acceptors (Lipinski definition) is 0. The Balaban J connectivity index is 2.34.